The first kappa shape index (κ1) is 20.8. The molecule has 9 heteroatoms. The van der Waals surface area contributed by atoms with Crippen LogP contribution < -0.4 is 5.32 Å². The minimum absolute atomic E-state index is 0.0134. The van der Waals surface area contributed by atoms with E-state index in [4.69, 9.17) is 0 Å². The van der Waals surface area contributed by atoms with Gasteiger partial charge in [0.2, 0.25) is 11.1 Å². The summed E-state index contributed by atoms with van der Waals surface area (Å²) in [6.07, 6.45) is 0. The van der Waals surface area contributed by atoms with Crippen molar-refractivity contribution in [1.29, 1.82) is 0 Å². The first-order valence-corrected chi connectivity index (χ1v) is 10.4. The zero-order valence-corrected chi connectivity index (χ0v) is 17.8. The fraction of sp³-hybridized carbons (Fsp3) is 0.350. The van der Waals surface area contributed by atoms with Gasteiger partial charge in [-0.05, 0) is 58.0 Å². The predicted octanol–water partition coefficient (Wildman–Crippen LogP) is 2.95. The van der Waals surface area contributed by atoms with Gasteiger partial charge in [-0.2, -0.15) is 4.98 Å². The van der Waals surface area contributed by atoms with Gasteiger partial charge >= 0.3 is 0 Å². The van der Waals surface area contributed by atoms with E-state index in [2.05, 4.69) is 20.4 Å². The number of fused-ring (bicyclic) bond motifs is 1. The lowest BCUT2D eigenvalue weighted by molar-refractivity contribution is -0.113. The maximum Gasteiger partial charge on any atom is 0.253 e. The molecule has 0 aliphatic carbocycles. The van der Waals surface area contributed by atoms with Crippen molar-refractivity contribution >= 4 is 35.0 Å². The molecule has 0 radical (unpaired) electrons. The monoisotopic (exact) mass is 412 g/mol. The molecule has 0 aliphatic rings. The molecule has 0 spiro atoms. The Labute approximate surface area is 173 Å². The molecule has 3 aromatic rings. The molecule has 152 valence electrons. The number of aryl methyl sites for hydroxylation is 2. The molecule has 0 atom stereocenters. The molecule has 2 amide bonds. The molecule has 2 heterocycles. The van der Waals surface area contributed by atoms with Gasteiger partial charge in [-0.3, -0.25) is 9.59 Å². The van der Waals surface area contributed by atoms with Crippen molar-refractivity contribution in [1.82, 2.24) is 24.5 Å². The lowest BCUT2D eigenvalue weighted by Crippen LogP contribution is -2.30. The lowest BCUT2D eigenvalue weighted by Gasteiger charge is -2.18. The third-order valence-corrected chi connectivity index (χ3v) is 5.24. The third kappa shape index (κ3) is 4.92. The summed E-state index contributed by atoms with van der Waals surface area (Å²) in [6.45, 7) is 9.07. The number of aromatic nitrogens is 4. The molecular formula is C20H24N6O2S. The summed E-state index contributed by atoms with van der Waals surface area (Å²) >= 11 is 1.25. The van der Waals surface area contributed by atoms with Crippen molar-refractivity contribution in [2.75, 3.05) is 24.2 Å². The van der Waals surface area contributed by atoms with Crippen LogP contribution in [0.15, 0.2) is 35.5 Å². The summed E-state index contributed by atoms with van der Waals surface area (Å²) in [4.78, 5) is 35.0. The summed E-state index contributed by atoms with van der Waals surface area (Å²) < 4.78 is 1.67. The van der Waals surface area contributed by atoms with E-state index in [9.17, 15) is 9.59 Å². The van der Waals surface area contributed by atoms with E-state index in [-0.39, 0.29) is 17.6 Å². The van der Waals surface area contributed by atoms with Gasteiger partial charge in [0.25, 0.3) is 11.7 Å². The summed E-state index contributed by atoms with van der Waals surface area (Å²) in [7, 11) is 0. The minimum atomic E-state index is -0.169. The first-order chi connectivity index (χ1) is 13.9. The average molecular weight is 413 g/mol. The molecule has 0 unspecified atom stereocenters. The summed E-state index contributed by atoms with van der Waals surface area (Å²) in [5, 5.41) is 7.71. The van der Waals surface area contributed by atoms with Gasteiger partial charge in [0.05, 0.1) is 5.75 Å². The SMILES string of the molecule is CCN(CC)C(=O)c1ccc(NC(=O)CSc2nc3nc(C)cc(C)n3n2)cc1. The van der Waals surface area contributed by atoms with E-state index in [1.165, 1.54) is 11.8 Å². The lowest BCUT2D eigenvalue weighted by atomic mass is 10.2. The Morgan fingerprint density at radius 2 is 1.79 bits per heavy atom. The molecular weight excluding hydrogens is 388 g/mol. The highest BCUT2D eigenvalue weighted by Crippen LogP contribution is 2.17. The Balaban J connectivity index is 1.58. The number of carbonyl (C=O) groups excluding carboxylic acids is 2. The standard InChI is InChI=1S/C20H24N6O2S/c1-5-25(6-2)18(28)15-7-9-16(10-8-15)22-17(27)12-29-20-23-19-21-13(3)11-14(4)26(19)24-20/h7-11H,5-6,12H2,1-4H3,(H,22,27). The molecule has 1 aromatic carbocycles. The largest absolute Gasteiger partial charge is 0.339 e. The summed E-state index contributed by atoms with van der Waals surface area (Å²) in [5.41, 5.74) is 3.06. The molecule has 0 bridgehead atoms. The Bertz CT molecular complexity index is 1030. The van der Waals surface area contributed by atoms with E-state index in [1.807, 2.05) is 33.8 Å². The number of hydrogen-bond donors (Lipinski definition) is 1. The van der Waals surface area contributed by atoms with Crippen molar-refractivity contribution in [3.8, 4) is 0 Å². The number of rotatable bonds is 7. The zero-order valence-electron chi connectivity index (χ0n) is 17.0. The van der Waals surface area contributed by atoms with Crippen molar-refractivity contribution in [2.45, 2.75) is 32.9 Å². The van der Waals surface area contributed by atoms with E-state index in [1.54, 1.807) is 33.7 Å². The number of amides is 2. The predicted molar refractivity (Wildman–Crippen MR) is 113 cm³/mol. The van der Waals surface area contributed by atoms with Crippen LogP contribution in [0.4, 0.5) is 5.69 Å². The van der Waals surface area contributed by atoms with Crippen molar-refractivity contribution in [3.63, 3.8) is 0 Å². The second kappa shape index (κ2) is 9.04. The summed E-state index contributed by atoms with van der Waals surface area (Å²) in [6, 6.07) is 8.85. The van der Waals surface area contributed by atoms with Crippen LogP contribution in [0, 0.1) is 13.8 Å². The van der Waals surface area contributed by atoms with Gasteiger partial charge in [-0.1, -0.05) is 11.8 Å². The number of hydrogen-bond acceptors (Lipinski definition) is 6. The van der Waals surface area contributed by atoms with Crippen molar-refractivity contribution < 1.29 is 9.59 Å². The van der Waals surface area contributed by atoms with Crippen molar-refractivity contribution in [3.05, 3.63) is 47.3 Å². The molecule has 0 saturated heterocycles. The smallest absolute Gasteiger partial charge is 0.253 e. The number of anilines is 1. The Morgan fingerprint density at radius 1 is 1.10 bits per heavy atom. The average Bonchev–Trinajstić information content (AvgIpc) is 3.11. The van der Waals surface area contributed by atoms with Gasteiger partial charge in [0.15, 0.2) is 0 Å². The van der Waals surface area contributed by atoms with Crippen LogP contribution in [0.3, 0.4) is 0 Å². The van der Waals surface area contributed by atoms with Crippen LogP contribution in [0.5, 0.6) is 0 Å². The first-order valence-electron chi connectivity index (χ1n) is 9.44. The second-order valence-corrected chi connectivity index (χ2v) is 7.48. The number of nitrogens with zero attached hydrogens (tertiary/aromatic N) is 5. The quantitative estimate of drug-likeness (QED) is 0.600. The highest BCUT2D eigenvalue weighted by molar-refractivity contribution is 7.99. The molecule has 8 nitrogen and oxygen atoms in total. The molecule has 1 N–H and O–H groups in total. The van der Waals surface area contributed by atoms with Gasteiger partial charge in [-0.25, -0.2) is 9.50 Å². The van der Waals surface area contributed by atoms with Gasteiger partial charge in [0, 0.05) is 35.7 Å². The number of benzene rings is 1. The molecule has 0 saturated carbocycles. The van der Waals surface area contributed by atoms with Crippen LogP contribution in [0.2, 0.25) is 0 Å². The minimum Gasteiger partial charge on any atom is -0.339 e. The molecule has 29 heavy (non-hydrogen) atoms. The molecule has 0 aliphatic heterocycles. The maximum absolute atomic E-state index is 12.3. The van der Waals surface area contributed by atoms with Crippen LogP contribution in [-0.4, -0.2) is 55.1 Å². The third-order valence-electron chi connectivity index (χ3n) is 4.40. The Hall–Kier alpha value is -2.94. The highest BCUT2D eigenvalue weighted by Gasteiger charge is 2.13. The van der Waals surface area contributed by atoms with E-state index < -0.39 is 0 Å². The summed E-state index contributed by atoms with van der Waals surface area (Å²) in [5.74, 6) is 0.520. The number of nitrogens with one attached hydrogen (secondary N) is 1. The van der Waals surface area contributed by atoms with Crippen LogP contribution >= 0.6 is 11.8 Å². The fourth-order valence-corrected chi connectivity index (χ4v) is 3.54. The number of carbonyl (C=O) groups is 2. The van der Waals surface area contributed by atoms with Gasteiger partial charge < -0.3 is 10.2 Å². The Kier molecular flexibility index (Phi) is 6.48. The van der Waals surface area contributed by atoms with Crippen LogP contribution in [-0.2, 0) is 4.79 Å². The Morgan fingerprint density at radius 3 is 2.45 bits per heavy atom. The molecule has 0 fully saturated rings. The van der Waals surface area contributed by atoms with Crippen LogP contribution in [0.25, 0.3) is 5.78 Å². The van der Waals surface area contributed by atoms with Gasteiger partial charge in [0.1, 0.15) is 0 Å². The highest BCUT2D eigenvalue weighted by atomic mass is 32.2. The fourth-order valence-electron chi connectivity index (χ4n) is 2.93. The van der Waals surface area contributed by atoms with Gasteiger partial charge in [-0.15, -0.1) is 5.10 Å². The second-order valence-electron chi connectivity index (χ2n) is 6.54. The molecule has 2 aromatic heterocycles. The zero-order chi connectivity index (χ0) is 21.0. The normalized spacial score (nSPS) is 10.9. The molecule has 3 rings (SSSR count). The van der Waals surface area contributed by atoms with E-state index in [0.717, 1.165) is 11.4 Å². The topological polar surface area (TPSA) is 92.5 Å². The van der Waals surface area contributed by atoms with Crippen molar-refractivity contribution in [2.24, 2.45) is 0 Å². The van der Waals surface area contributed by atoms with Crippen LogP contribution in [0.1, 0.15) is 35.6 Å². The number of thioether (sulfide) groups is 1. The van der Waals surface area contributed by atoms with E-state index >= 15 is 0 Å². The van der Waals surface area contributed by atoms with E-state index in [0.29, 0.717) is 35.3 Å². The maximum atomic E-state index is 12.3.